The zero-order chi connectivity index (χ0) is 12.6. The largest absolute Gasteiger partial charge is 0.390 e. The van der Waals surface area contributed by atoms with Crippen LogP contribution < -0.4 is 11.1 Å². The summed E-state index contributed by atoms with van der Waals surface area (Å²) in [6, 6.07) is 7.39. The van der Waals surface area contributed by atoms with Crippen molar-refractivity contribution in [3.63, 3.8) is 0 Å². The maximum atomic E-state index is 11.8. The molecule has 1 aliphatic rings. The number of aliphatic hydroxyl groups is 1. The summed E-state index contributed by atoms with van der Waals surface area (Å²) >= 11 is 0. The van der Waals surface area contributed by atoms with Crippen LogP contribution in [-0.4, -0.2) is 22.7 Å². The molecule has 0 radical (unpaired) electrons. The van der Waals surface area contributed by atoms with Gasteiger partial charge in [-0.2, -0.15) is 0 Å². The fourth-order valence-electron chi connectivity index (χ4n) is 2.08. The number of hydrogen-bond acceptors (Lipinski definition) is 3. The van der Waals surface area contributed by atoms with Gasteiger partial charge >= 0.3 is 0 Å². The van der Waals surface area contributed by atoms with Gasteiger partial charge in [-0.05, 0) is 25.0 Å². The van der Waals surface area contributed by atoms with Crippen LogP contribution in [0.3, 0.4) is 0 Å². The Morgan fingerprint density at radius 1 is 1.47 bits per heavy atom. The van der Waals surface area contributed by atoms with Gasteiger partial charge in [0.15, 0.2) is 0 Å². The third kappa shape index (κ3) is 2.33. The molecule has 0 spiro atoms. The molecule has 1 aliphatic carbocycles. The first-order chi connectivity index (χ1) is 7.89. The molecule has 0 unspecified atom stereocenters. The molecule has 0 bridgehead atoms. The van der Waals surface area contributed by atoms with Gasteiger partial charge in [0.2, 0.25) is 5.91 Å². The zero-order valence-electron chi connectivity index (χ0n) is 10.1. The third-order valence-corrected chi connectivity index (χ3v) is 3.08. The van der Waals surface area contributed by atoms with Crippen LogP contribution in [0.25, 0.3) is 0 Å². The maximum Gasteiger partial charge on any atom is 0.240 e. The predicted octanol–water partition coefficient (Wildman–Crippen LogP) is 0.498. The normalized spacial score (nSPS) is 23.3. The molecule has 0 heterocycles. The van der Waals surface area contributed by atoms with E-state index in [0.29, 0.717) is 6.42 Å². The highest BCUT2D eigenvalue weighted by molar-refractivity contribution is 5.85. The lowest BCUT2D eigenvalue weighted by Gasteiger charge is -2.24. The summed E-state index contributed by atoms with van der Waals surface area (Å²) in [6.45, 7) is 3.30. The molecule has 1 aromatic rings. The summed E-state index contributed by atoms with van der Waals surface area (Å²) in [7, 11) is 0. The van der Waals surface area contributed by atoms with Gasteiger partial charge in [0.25, 0.3) is 0 Å². The predicted molar refractivity (Wildman–Crippen MR) is 65.3 cm³/mol. The minimum Gasteiger partial charge on any atom is -0.390 e. The monoisotopic (exact) mass is 234 g/mol. The van der Waals surface area contributed by atoms with Gasteiger partial charge in [-0.1, -0.05) is 24.3 Å². The average molecular weight is 234 g/mol. The van der Waals surface area contributed by atoms with Crippen molar-refractivity contribution in [3.05, 3.63) is 35.4 Å². The van der Waals surface area contributed by atoms with Crippen molar-refractivity contribution in [1.82, 2.24) is 5.32 Å². The van der Waals surface area contributed by atoms with Gasteiger partial charge in [0.05, 0.1) is 17.7 Å². The van der Waals surface area contributed by atoms with Crippen LogP contribution in [0.4, 0.5) is 0 Å². The highest BCUT2D eigenvalue weighted by Crippen LogP contribution is 2.31. The first-order valence-corrected chi connectivity index (χ1v) is 5.75. The minimum absolute atomic E-state index is 0.252. The standard InChI is InChI=1S/C13H18N2O2/c1-13(2,14)12(17)15-11-9-6-4-3-5-8(9)7-10(11)16/h3-6,10-11,16H,7,14H2,1-2H3,(H,15,17)/t10-,11+/m0/s1. The molecule has 0 saturated carbocycles. The van der Waals surface area contributed by atoms with E-state index in [4.69, 9.17) is 5.73 Å². The van der Waals surface area contributed by atoms with Crippen LogP contribution in [0.1, 0.15) is 31.0 Å². The Bertz CT molecular complexity index is 437. The lowest BCUT2D eigenvalue weighted by Crippen LogP contribution is -2.51. The molecule has 0 saturated heterocycles. The van der Waals surface area contributed by atoms with Crippen LogP contribution >= 0.6 is 0 Å². The Morgan fingerprint density at radius 3 is 2.76 bits per heavy atom. The molecule has 17 heavy (non-hydrogen) atoms. The van der Waals surface area contributed by atoms with Gasteiger partial charge in [-0.25, -0.2) is 0 Å². The first-order valence-electron chi connectivity index (χ1n) is 5.75. The summed E-state index contributed by atoms with van der Waals surface area (Å²) < 4.78 is 0. The smallest absolute Gasteiger partial charge is 0.240 e. The molecule has 92 valence electrons. The van der Waals surface area contributed by atoms with E-state index in [9.17, 15) is 9.90 Å². The Morgan fingerprint density at radius 2 is 2.12 bits per heavy atom. The van der Waals surface area contributed by atoms with Gasteiger partial charge in [-0.15, -0.1) is 0 Å². The second kappa shape index (κ2) is 4.13. The number of carbonyl (C=O) groups excluding carboxylic acids is 1. The molecule has 2 rings (SSSR count). The van der Waals surface area contributed by atoms with E-state index < -0.39 is 11.6 Å². The van der Waals surface area contributed by atoms with Gasteiger partial charge in [0, 0.05) is 6.42 Å². The molecule has 1 amide bonds. The van der Waals surface area contributed by atoms with Gasteiger partial charge < -0.3 is 16.2 Å². The lowest BCUT2D eigenvalue weighted by molar-refractivity contribution is -0.126. The van der Waals surface area contributed by atoms with Crippen LogP contribution in [0.5, 0.6) is 0 Å². The van der Waals surface area contributed by atoms with Crippen molar-refractivity contribution in [3.8, 4) is 0 Å². The number of rotatable bonds is 2. The van der Waals surface area contributed by atoms with E-state index in [1.807, 2.05) is 24.3 Å². The third-order valence-electron chi connectivity index (χ3n) is 3.08. The number of amides is 1. The summed E-state index contributed by atoms with van der Waals surface area (Å²) in [5, 5.41) is 12.8. The summed E-state index contributed by atoms with van der Waals surface area (Å²) in [5.41, 5.74) is 6.86. The Hall–Kier alpha value is -1.39. The van der Waals surface area contributed by atoms with E-state index in [1.54, 1.807) is 13.8 Å². The Kier molecular flexibility index (Phi) is 2.93. The second-order valence-corrected chi connectivity index (χ2v) is 5.14. The van der Waals surface area contributed by atoms with Crippen molar-refractivity contribution >= 4 is 5.91 Å². The molecule has 1 aromatic carbocycles. The highest BCUT2D eigenvalue weighted by Gasteiger charge is 2.34. The van der Waals surface area contributed by atoms with E-state index in [2.05, 4.69) is 5.32 Å². The molecular weight excluding hydrogens is 216 g/mol. The molecule has 0 aromatic heterocycles. The number of aliphatic hydroxyl groups excluding tert-OH is 1. The second-order valence-electron chi connectivity index (χ2n) is 5.14. The zero-order valence-corrected chi connectivity index (χ0v) is 10.1. The Balaban J connectivity index is 2.20. The van der Waals surface area contributed by atoms with Gasteiger partial charge in [-0.3, -0.25) is 4.79 Å². The maximum absolute atomic E-state index is 11.8. The number of hydrogen-bond donors (Lipinski definition) is 3. The van der Waals surface area contributed by atoms with Crippen molar-refractivity contribution < 1.29 is 9.90 Å². The summed E-state index contributed by atoms with van der Waals surface area (Å²) in [4.78, 5) is 11.8. The van der Waals surface area contributed by atoms with E-state index >= 15 is 0 Å². The molecule has 2 atom stereocenters. The summed E-state index contributed by atoms with van der Waals surface area (Å²) in [5.74, 6) is -0.252. The first kappa shape index (κ1) is 12.1. The minimum atomic E-state index is -0.933. The number of carbonyl (C=O) groups is 1. The lowest BCUT2D eigenvalue weighted by atomic mass is 10.0. The molecule has 0 fully saturated rings. The van der Waals surface area contributed by atoms with Crippen LogP contribution in [0, 0.1) is 0 Å². The number of nitrogens with one attached hydrogen (secondary N) is 1. The Labute approximate surface area is 101 Å². The highest BCUT2D eigenvalue weighted by atomic mass is 16.3. The number of fused-ring (bicyclic) bond motifs is 1. The van der Waals surface area contributed by atoms with Crippen molar-refractivity contribution in [2.24, 2.45) is 5.73 Å². The SMILES string of the molecule is CC(C)(N)C(=O)N[C@@H]1c2ccccc2C[C@@H]1O. The fourth-order valence-corrected chi connectivity index (χ4v) is 2.08. The fraction of sp³-hybridized carbons (Fsp3) is 0.462. The van der Waals surface area contributed by atoms with Crippen molar-refractivity contribution in [2.45, 2.75) is 38.0 Å². The molecule has 0 aliphatic heterocycles. The summed E-state index contributed by atoms with van der Waals surface area (Å²) in [6.07, 6.45) is 0.00487. The molecular formula is C13H18N2O2. The van der Waals surface area contributed by atoms with Crippen LogP contribution in [0.2, 0.25) is 0 Å². The molecule has 4 heteroatoms. The average Bonchev–Trinajstić information content (AvgIpc) is 2.54. The quantitative estimate of drug-likeness (QED) is 0.697. The van der Waals surface area contributed by atoms with E-state index in [-0.39, 0.29) is 11.9 Å². The topological polar surface area (TPSA) is 75.4 Å². The van der Waals surface area contributed by atoms with Crippen LogP contribution in [0.15, 0.2) is 24.3 Å². The number of nitrogens with two attached hydrogens (primary N) is 1. The van der Waals surface area contributed by atoms with Crippen molar-refractivity contribution in [1.29, 1.82) is 0 Å². The molecule has 4 nitrogen and oxygen atoms in total. The van der Waals surface area contributed by atoms with Gasteiger partial charge in [0.1, 0.15) is 0 Å². The van der Waals surface area contributed by atoms with Crippen LogP contribution in [-0.2, 0) is 11.2 Å². The molecule has 4 N–H and O–H groups in total. The number of benzene rings is 1. The van der Waals surface area contributed by atoms with E-state index in [1.165, 1.54) is 0 Å². The van der Waals surface area contributed by atoms with E-state index in [0.717, 1.165) is 11.1 Å². The van der Waals surface area contributed by atoms with Crippen molar-refractivity contribution in [2.75, 3.05) is 0 Å².